The molecular formula is C14H22N2S. The van der Waals surface area contributed by atoms with Crippen LogP contribution in [-0.2, 0) is 0 Å². The Morgan fingerprint density at radius 2 is 2.24 bits per heavy atom. The van der Waals surface area contributed by atoms with Crippen molar-refractivity contribution in [3.8, 4) is 0 Å². The molecule has 1 unspecified atom stereocenters. The molecule has 1 saturated heterocycles. The van der Waals surface area contributed by atoms with E-state index in [1.54, 1.807) is 11.8 Å². The Labute approximate surface area is 109 Å². The molecule has 2 nitrogen and oxygen atoms in total. The highest BCUT2D eigenvalue weighted by Gasteiger charge is 2.23. The molecule has 0 aliphatic carbocycles. The lowest BCUT2D eigenvalue weighted by atomic mass is 10.2. The molecule has 1 aliphatic rings. The van der Waals surface area contributed by atoms with Gasteiger partial charge in [-0.15, -0.1) is 11.8 Å². The van der Waals surface area contributed by atoms with Crippen LogP contribution in [-0.4, -0.2) is 36.3 Å². The average Bonchev–Trinajstić information content (AvgIpc) is 2.78. The topological polar surface area (TPSA) is 15.3 Å². The number of thioether (sulfide) groups is 1. The van der Waals surface area contributed by atoms with Gasteiger partial charge in [0, 0.05) is 35.8 Å². The van der Waals surface area contributed by atoms with Crippen molar-refractivity contribution in [2.24, 2.45) is 0 Å². The van der Waals surface area contributed by atoms with Crippen LogP contribution in [0.2, 0.25) is 0 Å². The van der Waals surface area contributed by atoms with Crippen molar-refractivity contribution < 1.29 is 0 Å². The quantitative estimate of drug-likeness (QED) is 0.825. The summed E-state index contributed by atoms with van der Waals surface area (Å²) in [4.78, 5) is 3.87. The van der Waals surface area contributed by atoms with Crippen LogP contribution in [0.5, 0.6) is 0 Å². The first-order chi connectivity index (χ1) is 8.19. The van der Waals surface area contributed by atoms with E-state index in [0.717, 1.165) is 0 Å². The van der Waals surface area contributed by atoms with Crippen LogP contribution in [0.4, 0.5) is 5.69 Å². The van der Waals surface area contributed by atoms with Crippen molar-refractivity contribution in [2.45, 2.75) is 37.2 Å². The third kappa shape index (κ3) is 3.39. The fourth-order valence-electron chi connectivity index (χ4n) is 2.32. The molecule has 2 rings (SSSR count). The molecule has 0 aromatic heterocycles. The molecule has 0 radical (unpaired) electrons. The maximum atomic E-state index is 3.65. The van der Waals surface area contributed by atoms with E-state index in [1.807, 2.05) is 0 Å². The summed E-state index contributed by atoms with van der Waals surface area (Å²) in [6.07, 6.45) is 3.37. The lowest BCUT2D eigenvalue weighted by Crippen LogP contribution is -2.31. The second-order valence-electron chi connectivity index (χ2n) is 4.95. The average molecular weight is 250 g/mol. The largest absolute Gasteiger partial charge is 0.381 e. The van der Waals surface area contributed by atoms with Crippen molar-refractivity contribution >= 4 is 17.4 Å². The molecule has 94 valence electrons. The Kier molecular flexibility index (Phi) is 4.35. The van der Waals surface area contributed by atoms with Crippen molar-refractivity contribution in [2.75, 3.05) is 24.7 Å². The molecule has 1 N–H and O–H groups in total. The molecule has 1 aromatic rings. The Bertz CT molecular complexity index is 365. The van der Waals surface area contributed by atoms with Crippen molar-refractivity contribution in [3.05, 3.63) is 24.3 Å². The SMILES string of the molecule is CSc1cccc(NC2CCN(C(C)C)C2)c1. The Morgan fingerprint density at radius 3 is 2.88 bits per heavy atom. The van der Waals surface area contributed by atoms with Crippen LogP contribution >= 0.6 is 11.8 Å². The highest BCUT2D eigenvalue weighted by molar-refractivity contribution is 7.98. The Hall–Kier alpha value is -0.670. The molecule has 1 aromatic carbocycles. The molecule has 0 amide bonds. The van der Waals surface area contributed by atoms with Gasteiger partial charge in [0.2, 0.25) is 0 Å². The minimum Gasteiger partial charge on any atom is -0.381 e. The fourth-order valence-corrected chi connectivity index (χ4v) is 2.78. The highest BCUT2D eigenvalue weighted by Crippen LogP contribution is 2.22. The van der Waals surface area contributed by atoms with E-state index in [9.17, 15) is 0 Å². The second-order valence-corrected chi connectivity index (χ2v) is 5.83. The monoisotopic (exact) mass is 250 g/mol. The molecule has 0 bridgehead atoms. The summed E-state index contributed by atoms with van der Waals surface area (Å²) >= 11 is 1.80. The van der Waals surface area contributed by atoms with Crippen LogP contribution in [0.25, 0.3) is 0 Å². The van der Waals surface area contributed by atoms with E-state index in [2.05, 4.69) is 54.6 Å². The third-order valence-electron chi connectivity index (χ3n) is 3.39. The van der Waals surface area contributed by atoms with Gasteiger partial charge in [-0.05, 0) is 44.7 Å². The summed E-state index contributed by atoms with van der Waals surface area (Å²) in [7, 11) is 0. The number of rotatable bonds is 4. The van der Waals surface area contributed by atoms with Crippen LogP contribution in [0.3, 0.4) is 0 Å². The molecule has 0 spiro atoms. The number of nitrogens with one attached hydrogen (secondary N) is 1. The van der Waals surface area contributed by atoms with E-state index in [4.69, 9.17) is 0 Å². The highest BCUT2D eigenvalue weighted by atomic mass is 32.2. The molecule has 1 heterocycles. The summed E-state index contributed by atoms with van der Waals surface area (Å²) in [5, 5.41) is 3.65. The predicted octanol–water partition coefficient (Wildman–Crippen LogP) is 3.30. The minimum absolute atomic E-state index is 0.606. The van der Waals surface area contributed by atoms with E-state index in [1.165, 1.54) is 30.1 Å². The first-order valence-corrected chi connectivity index (χ1v) is 7.56. The van der Waals surface area contributed by atoms with Gasteiger partial charge in [-0.25, -0.2) is 0 Å². The number of hydrogen-bond acceptors (Lipinski definition) is 3. The van der Waals surface area contributed by atoms with Crippen molar-refractivity contribution in [3.63, 3.8) is 0 Å². The summed E-state index contributed by atoms with van der Waals surface area (Å²) in [6, 6.07) is 9.96. The maximum absolute atomic E-state index is 3.65. The van der Waals surface area contributed by atoms with Gasteiger partial charge >= 0.3 is 0 Å². The first kappa shape index (κ1) is 12.8. The summed E-state index contributed by atoms with van der Waals surface area (Å²) in [5.41, 5.74) is 1.26. The zero-order chi connectivity index (χ0) is 12.3. The second kappa shape index (κ2) is 5.78. The number of benzene rings is 1. The van der Waals surface area contributed by atoms with E-state index in [0.29, 0.717) is 12.1 Å². The molecule has 1 aliphatic heterocycles. The van der Waals surface area contributed by atoms with Crippen LogP contribution in [0.1, 0.15) is 20.3 Å². The fraction of sp³-hybridized carbons (Fsp3) is 0.571. The molecule has 1 fully saturated rings. The van der Waals surface area contributed by atoms with Gasteiger partial charge in [-0.3, -0.25) is 4.90 Å². The molecule has 1 atom stereocenters. The number of likely N-dealkylation sites (tertiary alicyclic amines) is 1. The van der Waals surface area contributed by atoms with Gasteiger partial charge < -0.3 is 5.32 Å². The maximum Gasteiger partial charge on any atom is 0.0400 e. The van der Waals surface area contributed by atoms with E-state index < -0.39 is 0 Å². The summed E-state index contributed by atoms with van der Waals surface area (Å²) in [6.45, 7) is 6.94. The zero-order valence-corrected chi connectivity index (χ0v) is 11.8. The number of hydrogen-bond donors (Lipinski definition) is 1. The molecular weight excluding hydrogens is 228 g/mol. The van der Waals surface area contributed by atoms with Crippen LogP contribution < -0.4 is 5.32 Å². The molecule has 3 heteroatoms. The van der Waals surface area contributed by atoms with Gasteiger partial charge in [-0.1, -0.05) is 6.07 Å². The van der Waals surface area contributed by atoms with Gasteiger partial charge in [0.05, 0.1) is 0 Å². The van der Waals surface area contributed by atoms with Gasteiger partial charge in [0.15, 0.2) is 0 Å². The zero-order valence-electron chi connectivity index (χ0n) is 10.9. The van der Waals surface area contributed by atoms with Gasteiger partial charge in [-0.2, -0.15) is 0 Å². The predicted molar refractivity (Wildman–Crippen MR) is 77.0 cm³/mol. The first-order valence-electron chi connectivity index (χ1n) is 6.33. The normalized spacial score (nSPS) is 21.1. The Morgan fingerprint density at radius 1 is 1.41 bits per heavy atom. The van der Waals surface area contributed by atoms with E-state index in [-0.39, 0.29) is 0 Å². The van der Waals surface area contributed by atoms with Crippen LogP contribution in [0, 0.1) is 0 Å². The van der Waals surface area contributed by atoms with Crippen molar-refractivity contribution in [1.82, 2.24) is 4.90 Å². The standard InChI is InChI=1S/C14H22N2S/c1-11(2)16-8-7-13(10-16)15-12-5-4-6-14(9-12)17-3/h4-6,9,11,13,15H,7-8,10H2,1-3H3. The number of nitrogens with zero attached hydrogens (tertiary/aromatic N) is 1. The molecule has 0 saturated carbocycles. The minimum atomic E-state index is 0.606. The lowest BCUT2D eigenvalue weighted by molar-refractivity contribution is 0.274. The van der Waals surface area contributed by atoms with E-state index >= 15 is 0 Å². The Balaban J connectivity index is 1.93. The number of anilines is 1. The third-order valence-corrected chi connectivity index (χ3v) is 4.12. The van der Waals surface area contributed by atoms with Crippen LogP contribution in [0.15, 0.2) is 29.2 Å². The van der Waals surface area contributed by atoms with Gasteiger partial charge in [0.25, 0.3) is 0 Å². The molecule has 17 heavy (non-hydrogen) atoms. The summed E-state index contributed by atoms with van der Waals surface area (Å²) < 4.78 is 0. The lowest BCUT2D eigenvalue weighted by Gasteiger charge is -2.21. The van der Waals surface area contributed by atoms with Crippen molar-refractivity contribution in [1.29, 1.82) is 0 Å². The summed E-state index contributed by atoms with van der Waals surface area (Å²) in [5.74, 6) is 0. The van der Waals surface area contributed by atoms with Gasteiger partial charge in [0.1, 0.15) is 0 Å². The smallest absolute Gasteiger partial charge is 0.0400 e.